The molecule has 1 saturated heterocycles. The molecule has 4 rings (SSSR count). The van der Waals surface area contributed by atoms with Crippen LogP contribution in [0.5, 0.6) is 0 Å². The Balaban J connectivity index is 1.19. The maximum atomic E-state index is 12.7. The number of amides is 1. The van der Waals surface area contributed by atoms with Gasteiger partial charge in [-0.3, -0.25) is 4.79 Å². The molecule has 202 valence electrons. The van der Waals surface area contributed by atoms with E-state index in [1.165, 1.54) is 0 Å². The number of nitrogens with zero attached hydrogens (tertiary/aromatic N) is 3. The first-order chi connectivity index (χ1) is 19.0. The summed E-state index contributed by atoms with van der Waals surface area (Å²) in [6.45, 7) is 7.36. The lowest BCUT2D eigenvalue weighted by Crippen LogP contribution is -2.39. The maximum absolute atomic E-state index is 12.7. The normalized spacial score (nSPS) is 15.8. The molecule has 1 unspecified atom stereocenters. The molecule has 0 bridgehead atoms. The van der Waals surface area contributed by atoms with Gasteiger partial charge in [-0.25, -0.2) is 13.5 Å². The van der Waals surface area contributed by atoms with Crippen LogP contribution in [0.15, 0.2) is 82.7 Å². The zero-order valence-electron chi connectivity index (χ0n) is 22.0. The number of piperidine rings is 1. The average molecular weight is 545 g/mol. The van der Waals surface area contributed by atoms with Crippen LogP contribution in [-0.2, 0) is 20.5 Å². The van der Waals surface area contributed by atoms with E-state index >= 15 is 0 Å². The minimum absolute atomic E-state index is 0.00512. The third-order valence-corrected chi connectivity index (χ3v) is 7.86. The molecule has 1 fully saturated rings. The van der Waals surface area contributed by atoms with Crippen LogP contribution in [0.1, 0.15) is 36.3 Å². The zero-order chi connectivity index (χ0) is 27.6. The average Bonchev–Trinajstić information content (AvgIpc) is 3.40. The Bertz CT molecular complexity index is 1430. The molecule has 0 saturated carbocycles. The van der Waals surface area contributed by atoms with Crippen molar-refractivity contribution < 1.29 is 18.2 Å². The topological polar surface area (TPSA) is 108 Å². The molecular formula is C30H32N4O4S. The Morgan fingerprint density at radius 3 is 2.77 bits per heavy atom. The van der Waals surface area contributed by atoms with Gasteiger partial charge in [0.25, 0.3) is 0 Å². The number of nitrogens with one attached hydrogen (secondary N) is 1. The second-order valence-electron chi connectivity index (χ2n) is 9.18. The molecule has 8 nitrogen and oxygen atoms in total. The molecule has 3 aromatic rings. The second-order valence-corrected chi connectivity index (χ2v) is 10.7. The van der Waals surface area contributed by atoms with Gasteiger partial charge in [-0.15, -0.1) is 0 Å². The summed E-state index contributed by atoms with van der Waals surface area (Å²) in [6, 6.07) is 15.1. The lowest BCUT2D eigenvalue weighted by Gasteiger charge is -2.30. The lowest BCUT2D eigenvalue weighted by molar-refractivity contribution is -0.128. The molecule has 0 aliphatic carbocycles. The van der Waals surface area contributed by atoms with E-state index in [1.807, 2.05) is 59.8 Å². The lowest BCUT2D eigenvalue weighted by atomic mass is 10.1. The van der Waals surface area contributed by atoms with E-state index in [1.54, 1.807) is 18.2 Å². The number of hydrogen-bond donors (Lipinski definition) is 1. The molecule has 1 atom stereocenters. The highest BCUT2D eigenvalue weighted by molar-refractivity contribution is 7.82. The van der Waals surface area contributed by atoms with Crippen LogP contribution < -0.4 is 5.32 Å². The Labute approximate surface area is 231 Å². The first-order valence-corrected chi connectivity index (χ1v) is 14.0. The summed E-state index contributed by atoms with van der Waals surface area (Å²) in [5, 5.41) is 12.0. The number of ether oxygens (including phenoxy) is 1. The molecule has 9 heteroatoms. The number of fused-ring (bicyclic) bond motifs is 1. The molecule has 1 aliphatic heterocycles. The van der Waals surface area contributed by atoms with Crippen molar-refractivity contribution in [1.29, 1.82) is 5.26 Å². The van der Waals surface area contributed by atoms with Gasteiger partial charge in [0.2, 0.25) is 11.8 Å². The van der Waals surface area contributed by atoms with Crippen molar-refractivity contribution in [1.82, 2.24) is 14.6 Å². The van der Waals surface area contributed by atoms with Crippen LogP contribution >= 0.6 is 0 Å². The fourth-order valence-electron chi connectivity index (χ4n) is 4.33. The molecule has 0 spiro atoms. The summed E-state index contributed by atoms with van der Waals surface area (Å²) in [5.41, 5.74) is 3.53. The third-order valence-electron chi connectivity index (χ3n) is 6.35. The third kappa shape index (κ3) is 7.60. The number of benzene rings is 2. The van der Waals surface area contributed by atoms with E-state index in [4.69, 9.17) is 9.15 Å². The van der Waals surface area contributed by atoms with E-state index in [2.05, 4.69) is 22.9 Å². The van der Waals surface area contributed by atoms with Gasteiger partial charge in [-0.1, -0.05) is 49.1 Å². The predicted octanol–water partition coefficient (Wildman–Crippen LogP) is 4.84. The van der Waals surface area contributed by atoms with Gasteiger partial charge in [0.05, 0.1) is 22.6 Å². The van der Waals surface area contributed by atoms with Gasteiger partial charge in [-0.2, -0.15) is 5.26 Å². The van der Waals surface area contributed by atoms with Crippen molar-refractivity contribution >= 4 is 33.6 Å². The van der Waals surface area contributed by atoms with E-state index in [-0.39, 0.29) is 18.6 Å². The van der Waals surface area contributed by atoms with Crippen molar-refractivity contribution in [2.75, 3.05) is 26.2 Å². The summed E-state index contributed by atoms with van der Waals surface area (Å²) in [6.07, 6.45) is 9.30. The minimum Gasteiger partial charge on any atom is -0.436 e. The molecular weight excluding hydrogens is 512 g/mol. The fourth-order valence-corrected chi connectivity index (χ4v) is 5.56. The molecule has 2 aromatic carbocycles. The summed E-state index contributed by atoms with van der Waals surface area (Å²) in [5.74, 6) is 0.295. The molecule has 1 aromatic heterocycles. The molecule has 1 amide bonds. The number of oxazole rings is 1. The van der Waals surface area contributed by atoms with Crippen molar-refractivity contribution in [2.45, 2.75) is 37.2 Å². The second kappa shape index (κ2) is 13.8. The van der Waals surface area contributed by atoms with E-state index in [0.717, 1.165) is 28.9 Å². The maximum Gasteiger partial charge on any atom is 0.246 e. The number of rotatable bonds is 11. The Kier molecular flexibility index (Phi) is 9.97. The molecule has 1 N–H and O–H groups in total. The van der Waals surface area contributed by atoms with Crippen LogP contribution in [0.25, 0.3) is 16.7 Å². The van der Waals surface area contributed by atoms with Gasteiger partial charge in [0, 0.05) is 25.2 Å². The first kappa shape index (κ1) is 28.2. The number of aryl methyl sites for hydroxylation is 1. The minimum atomic E-state index is -1.17. The first-order valence-electron chi connectivity index (χ1n) is 12.9. The number of allylic oxidation sites excluding steroid dienone is 4. The van der Waals surface area contributed by atoms with Gasteiger partial charge < -0.3 is 14.5 Å². The van der Waals surface area contributed by atoms with Crippen LogP contribution in [0, 0.1) is 18.3 Å². The number of aromatic nitrogens is 1. The number of carbonyl (C=O) groups excluding carboxylic acids is 1. The smallest absolute Gasteiger partial charge is 0.246 e. The van der Waals surface area contributed by atoms with E-state index < -0.39 is 11.0 Å². The Morgan fingerprint density at radius 1 is 1.28 bits per heavy atom. The van der Waals surface area contributed by atoms with Crippen molar-refractivity contribution in [3.63, 3.8) is 0 Å². The van der Waals surface area contributed by atoms with Crippen LogP contribution in [-0.4, -0.2) is 51.8 Å². The van der Waals surface area contributed by atoms with E-state index in [9.17, 15) is 14.3 Å². The summed E-state index contributed by atoms with van der Waals surface area (Å²) in [7, 11) is -1.17. The summed E-state index contributed by atoms with van der Waals surface area (Å²) in [4.78, 5) is 17.6. The van der Waals surface area contributed by atoms with Crippen molar-refractivity contribution in [3.8, 4) is 6.07 Å². The molecule has 2 heterocycles. The van der Waals surface area contributed by atoms with E-state index in [0.29, 0.717) is 48.6 Å². The SMILES string of the molecule is C=C/C=C(\C/C=C\CNC(=O)COC1CCN(S(=O)c2ccccc2)CC1)c1nc2cc(C#N)cc(C)c2o1. The zero-order valence-corrected chi connectivity index (χ0v) is 22.8. The molecule has 1 aliphatic rings. The van der Waals surface area contributed by atoms with Crippen molar-refractivity contribution in [2.24, 2.45) is 0 Å². The molecule has 0 radical (unpaired) electrons. The Morgan fingerprint density at radius 2 is 2.05 bits per heavy atom. The van der Waals surface area contributed by atoms with Crippen molar-refractivity contribution in [3.05, 3.63) is 90.4 Å². The highest BCUT2D eigenvalue weighted by Crippen LogP contribution is 2.27. The van der Waals surface area contributed by atoms with Gasteiger partial charge in [0.15, 0.2) is 5.58 Å². The highest BCUT2D eigenvalue weighted by Gasteiger charge is 2.24. The number of nitriles is 1. The monoisotopic (exact) mass is 544 g/mol. The van der Waals surface area contributed by atoms with Crippen LogP contribution in [0.2, 0.25) is 0 Å². The standard InChI is InChI=1S/C30H32N4O4S/c1-3-9-24(30-33-27-19-23(20-31)18-22(2)29(27)38-30)10-7-8-15-32-28(35)21-37-25-13-16-34(17-14-25)39(36)26-11-5-4-6-12-26/h3-9,11-12,18-19,25H,1,10,13-17,21H2,2H3,(H,32,35)/b8-7-,24-9+. The summed E-state index contributed by atoms with van der Waals surface area (Å²) < 4.78 is 26.4. The van der Waals surface area contributed by atoms with Crippen LogP contribution in [0.3, 0.4) is 0 Å². The quantitative estimate of drug-likeness (QED) is 0.273. The molecule has 39 heavy (non-hydrogen) atoms. The highest BCUT2D eigenvalue weighted by atomic mass is 32.2. The fraction of sp³-hybridized carbons (Fsp3) is 0.300. The van der Waals surface area contributed by atoms with Crippen LogP contribution in [0.4, 0.5) is 0 Å². The number of carbonyl (C=O) groups is 1. The van der Waals surface area contributed by atoms with Gasteiger partial charge in [0.1, 0.15) is 23.1 Å². The number of hydrogen-bond acceptors (Lipinski definition) is 6. The summed E-state index contributed by atoms with van der Waals surface area (Å²) >= 11 is 0. The van der Waals surface area contributed by atoms with Gasteiger partial charge in [-0.05, 0) is 56.0 Å². The predicted molar refractivity (Wildman–Crippen MR) is 152 cm³/mol. The Hall–Kier alpha value is -3.84. The largest absolute Gasteiger partial charge is 0.436 e. The van der Waals surface area contributed by atoms with Gasteiger partial charge >= 0.3 is 0 Å².